The van der Waals surface area contributed by atoms with Crippen LogP contribution in [-0.4, -0.2) is 6.18 Å². The first-order valence-electron chi connectivity index (χ1n) is 4.60. The first kappa shape index (κ1) is 13.8. The summed E-state index contributed by atoms with van der Waals surface area (Å²) in [7, 11) is 0. The molecule has 17 heavy (non-hydrogen) atoms. The molecular formula is C10H9F6N. The number of hydrogen-bond donors (Lipinski definition) is 1. The summed E-state index contributed by atoms with van der Waals surface area (Å²) in [4.78, 5) is 0. The highest BCUT2D eigenvalue weighted by molar-refractivity contribution is 5.32. The highest BCUT2D eigenvalue weighted by Gasteiger charge is 2.37. The summed E-state index contributed by atoms with van der Waals surface area (Å²) in [5.41, 5.74) is 3.49. The molecular weight excluding hydrogens is 248 g/mol. The molecule has 2 N–H and O–H groups in total. The summed E-state index contributed by atoms with van der Waals surface area (Å²) in [5, 5.41) is 0. The van der Waals surface area contributed by atoms with Gasteiger partial charge in [0.2, 0.25) is 0 Å². The summed E-state index contributed by atoms with van der Waals surface area (Å²) >= 11 is 0. The fourth-order valence-corrected chi connectivity index (χ4v) is 1.44. The van der Waals surface area contributed by atoms with E-state index >= 15 is 0 Å². The molecule has 1 atom stereocenters. The number of benzene rings is 1. The molecule has 0 aromatic heterocycles. The molecule has 0 radical (unpaired) electrons. The Morgan fingerprint density at radius 2 is 1.53 bits per heavy atom. The van der Waals surface area contributed by atoms with Crippen molar-refractivity contribution in [2.75, 3.05) is 0 Å². The van der Waals surface area contributed by atoms with Crippen LogP contribution >= 0.6 is 0 Å². The van der Waals surface area contributed by atoms with Gasteiger partial charge >= 0.3 is 12.4 Å². The maximum absolute atomic E-state index is 12.5. The van der Waals surface area contributed by atoms with Gasteiger partial charge in [-0.15, -0.1) is 0 Å². The molecule has 0 saturated heterocycles. The second-order valence-electron chi connectivity index (χ2n) is 3.51. The van der Waals surface area contributed by atoms with Gasteiger partial charge in [0.25, 0.3) is 0 Å². The number of nitrogens with two attached hydrogens (primary N) is 1. The van der Waals surface area contributed by atoms with Crippen LogP contribution in [0.2, 0.25) is 0 Å². The predicted octanol–water partition coefficient (Wildman–Crippen LogP) is 3.66. The van der Waals surface area contributed by atoms with E-state index in [9.17, 15) is 26.3 Å². The first-order valence-corrected chi connectivity index (χ1v) is 4.60. The van der Waals surface area contributed by atoms with Crippen LogP contribution in [0.4, 0.5) is 26.3 Å². The average Bonchev–Trinajstić information content (AvgIpc) is 2.13. The highest BCUT2D eigenvalue weighted by Crippen LogP contribution is 2.36. The Kier molecular flexibility index (Phi) is 3.71. The molecule has 0 heterocycles. The normalized spacial score (nSPS) is 14.8. The molecule has 0 bridgehead atoms. The lowest BCUT2D eigenvalue weighted by Gasteiger charge is -2.19. The van der Waals surface area contributed by atoms with Gasteiger partial charge in [-0.2, -0.15) is 26.3 Å². The predicted molar refractivity (Wildman–Crippen MR) is 49.0 cm³/mol. The van der Waals surface area contributed by atoms with Crippen molar-refractivity contribution < 1.29 is 26.3 Å². The molecule has 0 aliphatic rings. The van der Waals surface area contributed by atoms with Gasteiger partial charge in [0, 0.05) is 6.04 Å². The first-order chi connectivity index (χ1) is 7.61. The maximum atomic E-state index is 12.5. The Morgan fingerprint density at radius 1 is 1.00 bits per heavy atom. The molecule has 0 unspecified atom stereocenters. The summed E-state index contributed by atoms with van der Waals surface area (Å²) < 4.78 is 73.7. The van der Waals surface area contributed by atoms with Crippen LogP contribution in [0.25, 0.3) is 0 Å². The lowest BCUT2D eigenvalue weighted by atomic mass is 9.98. The number of halogens is 6. The molecule has 96 valence electrons. The molecule has 0 amide bonds. The van der Waals surface area contributed by atoms with Gasteiger partial charge < -0.3 is 5.73 Å². The van der Waals surface area contributed by atoms with Crippen LogP contribution in [0, 0.1) is 0 Å². The molecule has 1 nitrogen and oxygen atoms in total. The van der Waals surface area contributed by atoms with Crippen molar-refractivity contribution in [3.63, 3.8) is 0 Å². The van der Waals surface area contributed by atoms with Crippen molar-refractivity contribution in [2.45, 2.75) is 24.8 Å². The Bertz CT molecular complexity index is 381. The monoisotopic (exact) mass is 257 g/mol. The van der Waals surface area contributed by atoms with Crippen LogP contribution in [-0.2, 0) is 6.18 Å². The zero-order chi connectivity index (χ0) is 13.3. The zero-order valence-corrected chi connectivity index (χ0v) is 8.44. The number of hydrogen-bond acceptors (Lipinski definition) is 1. The summed E-state index contributed by atoms with van der Waals surface area (Å²) in [6.45, 7) is 0. The van der Waals surface area contributed by atoms with Gasteiger partial charge in [-0.3, -0.25) is 0 Å². The molecule has 0 aliphatic heterocycles. The van der Waals surface area contributed by atoms with E-state index < -0.39 is 35.9 Å². The molecule has 7 heteroatoms. The third kappa shape index (κ3) is 3.92. The van der Waals surface area contributed by atoms with E-state index in [0.29, 0.717) is 6.07 Å². The molecule has 1 aromatic rings. The minimum atomic E-state index is -4.71. The second-order valence-corrected chi connectivity index (χ2v) is 3.51. The SMILES string of the molecule is N[C@H](CC(F)(F)F)c1ccccc1C(F)(F)F. The van der Waals surface area contributed by atoms with Crippen LogP contribution in [0.1, 0.15) is 23.6 Å². The van der Waals surface area contributed by atoms with E-state index in [1.54, 1.807) is 0 Å². The Hall–Kier alpha value is -1.24. The van der Waals surface area contributed by atoms with Gasteiger partial charge in [0.15, 0.2) is 0 Å². The molecule has 0 aliphatic carbocycles. The standard InChI is InChI=1S/C10H9F6N/c11-9(12,13)5-8(17)6-3-1-2-4-7(6)10(14,15)16/h1-4,8H,5,17H2/t8-/m1/s1. The Balaban J connectivity index is 3.06. The lowest BCUT2D eigenvalue weighted by Crippen LogP contribution is -2.23. The highest BCUT2D eigenvalue weighted by atomic mass is 19.4. The molecule has 0 fully saturated rings. The van der Waals surface area contributed by atoms with Crippen molar-refractivity contribution in [1.29, 1.82) is 0 Å². The minimum Gasteiger partial charge on any atom is -0.324 e. The molecule has 0 spiro atoms. The molecule has 1 rings (SSSR count). The van der Waals surface area contributed by atoms with E-state index in [1.165, 1.54) is 6.07 Å². The van der Waals surface area contributed by atoms with E-state index in [1.807, 2.05) is 0 Å². The maximum Gasteiger partial charge on any atom is 0.416 e. The van der Waals surface area contributed by atoms with Gasteiger partial charge in [0.1, 0.15) is 0 Å². The van der Waals surface area contributed by atoms with Crippen molar-refractivity contribution in [3.8, 4) is 0 Å². The summed E-state index contributed by atoms with van der Waals surface area (Å²) in [5.74, 6) is 0. The minimum absolute atomic E-state index is 0.544. The van der Waals surface area contributed by atoms with Crippen LogP contribution in [0.15, 0.2) is 24.3 Å². The van der Waals surface area contributed by atoms with Gasteiger partial charge in [-0.05, 0) is 11.6 Å². The van der Waals surface area contributed by atoms with Crippen LogP contribution in [0.3, 0.4) is 0 Å². The number of rotatable bonds is 2. The average molecular weight is 257 g/mol. The second kappa shape index (κ2) is 4.56. The smallest absolute Gasteiger partial charge is 0.324 e. The van der Waals surface area contributed by atoms with Gasteiger partial charge in [-0.25, -0.2) is 0 Å². The van der Waals surface area contributed by atoms with E-state index in [-0.39, 0.29) is 0 Å². The van der Waals surface area contributed by atoms with E-state index in [2.05, 4.69) is 0 Å². The zero-order valence-electron chi connectivity index (χ0n) is 8.44. The Morgan fingerprint density at radius 3 is 2.00 bits per heavy atom. The van der Waals surface area contributed by atoms with Gasteiger partial charge in [0.05, 0.1) is 12.0 Å². The molecule has 1 aromatic carbocycles. The van der Waals surface area contributed by atoms with Crippen molar-refractivity contribution in [1.82, 2.24) is 0 Å². The van der Waals surface area contributed by atoms with Crippen molar-refractivity contribution >= 4 is 0 Å². The van der Waals surface area contributed by atoms with Crippen LogP contribution < -0.4 is 5.73 Å². The number of alkyl halides is 6. The van der Waals surface area contributed by atoms with E-state index in [4.69, 9.17) is 5.73 Å². The lowest BCUT2D eigenvalue weighted by molar-refractivity contribution is -0.144. The largest absolute Gasteiger partial charge is 0.416 e. The van der Waals surface area contributed by atoms with Crippen LogP contribution in [0.5, 0.6) is 0 Å². The van der Waals surface area contributed by atoms with Crippen molar-refractivity contribution in [3.05, 3.63) is 35.4 Å². The topological polar surface area (TPSA) is 26.0 Å². The fourth-order valence-electron chi connectivity index (χ4n) is 1.44. The summed E-state index contributed by atoms with van der Waals surface area (Å²) in [6.07, 6.45) is -10.8. The van der Waals surface area contributed by atoms with Crippen molar-refractivity contribution in [2.24, 2.45) is 5.73 Å². The third-order valence-electron chi connectivity index (χ3n) is 2.12. The third-order valence-corrected chi connectivity index (χ3v) is 2.12. The quantitative estimate of drug-likeness (QED) is 0.804. The van der Waals surface area contributed by atoms with Gasteiger partial charge in [-0.1, -0.05) is 18.2 Å². The van der Waals surface area contributed by atoms with E-state index in [0.717, 1.165) is 12.1 Å². The fraction of sp³-hybridized carbons (Fsp3) is 0.400. The summed E-state index contributed by atoms with van der Waals surface area (Å²) in [6, 6.07) is 2.28. The Labute approximate surface area is 93.2 Å². The molecule has 0 saturated carbocycles.